The topological polar surface area (TPSA) is 58.6 Å². The number of alkyl carbamates (subject to hydrolysis) is 1. The van der Waals surface area contributed by atoms with E-state index in [0.717, 1.165) is 22.9 Å². The molecule has 0 unspecified atom stereocenters. The highest BCUT2D eigenvalue weighted by Gasteiger charge is 2.26. The number of rotatable bonds is 3. The SMILES string of the molecule is CC(C)(C)OC(=O)NC1CCN(C(=O)Cc2cccc(Cl)c2Br)CC1. The van der Waals surface area contributed by atoms with Crippen LogP contribution in [0.1, 0.15) is 39.2 Å². The minimum absolute atomic E-state index is 0.0387. The molecule has 1 saturated heterocycles. The van der Waals surface area contributed by atoms with Crippen molar-refractivity contribution in [3.05, 3.63) is 33.3 Å². The maximum absolute atomic E-state index is 12.5. The van der Waals surface area contributed by atoms with Crippen LogP contribution in [0.15, 0.2) is 22.7 Å². The lowest BCUT2D eigenvalue weighted by Gasteiger charge is -2.33. The Morgan fingerprint density at radius 3 is 2.56 bits per heavy atom. The van der Waals surface area contributed by atoms with Crippen molar-refractivity contribution in [1.82, 2.24) is 10.2 Å². The molecule has 0 aliphatic carbocycles. The lowest BCUT2D eigenvalue weighted by molar-refractivity contribution is -0.131. The van der Waals surface area contributed by atoms with Gasteiger partial charge in [0.1, 0.15) is 5.60 Å². The molecule has 0 bridgehead atoms. The number of ether oxygens (including phenoxy) is 1. The van der Waals surface area contributed by atoms with Crippen LogP contribution in [0.25, 0.3) is 0 Å². The normalized spacial score (nSPS) is 15.8. The van der Waals surface area contributed by atoms with E-state index in [2.05, 4.69) is 21.2 Å². The van der Waals surface area contributed by atoms with Crippen LogP contribution in [-0.4, -0.2) is 41.6 Å². The molecule has 2 rings (SSSR count). The standard InChI is InChI=1S/C18H24BrClN2O3/c1-18(2,3)25-17(24)21-13-7-9-22(10-8-13)15(23)11-12-5-4-6-14(20)16(12)19/h4-6,13H,7-11H2,1-3H3,(H,21,24). The summed E-state index contributed by atoms with van der Waals surface area (Å²) in [4.78, 5) is 26.2. The first-order chi connectivity index (χ1) is 11.7. The summed E-state index contributed by atoms with van der Waals surface area (Å²) in [6.07, 6.45) is 1.36. The van der Waals surface area contributed by atoms with Gasteiger partial charge in [0.2, 0.25) is 5.91 Å². The highest BCUT2D eigenvalue weighted by molar-refractivity contribution is 9.10. The molecule has 0 radical (unpaired) electrons. The second-order valence-corrected chi connectivity index (χ2v) is 8.39. The van der Waals surface area contributed by atoms with E-state index in [9.17, 15) is 9.59 Å². The Labute approximate surface area is 162 Å². The molecule has 5 nitrogen and oxygen atoms in total. The number of piperidine rings is 1. The molecule has 1 aromatic carbocycles. The molecule has 1 aliphatic rings. The van der Waals surface area contributed by atoms with Crippen molar-refractivity contribution in [2.75, 3.05) is 13.1 Å². The molecule has 25 heavy (non-hydrogen) atoms. The number of hydrogen-bond donors (Lipinski definition) is 1. The van der Waals surface area contributed by atoms with Gasteiger partial charge in [-0.1, -0.05) is 23.7 Å². The monoisotopic (exact) mass is 430 g/mol. The first kappa shape index (κ1) is 20.0. The maximum atomic E-state index is 12.5. The number of amides is 2. The Balaban J connectivity index is 1.82. The molecule has 1 fully saturated rings. The average Bonchev–Trinajstić information content (AvgIpc) is 2.50. The first-order valence-electron chi connectivity index (χ1n) is 8.36. The Morgan fingerprint density at radius 2 is 1.96 bits per heavy atom. The molecule has 0 saturated carbocycles. The number of hydrogen-bond acceptors (Lipinski definition) is 3. The van der Waals surface area contributed by atoms with Crippen molar-refractivity contribution in [2.24, 2.45) is 0 Å². The van der Waals surface area contributed by atoms with Gasteiger partial charge < -0.3 is 15.0 Å². The summed E-state index contributed by atoms with van der Waals surface area (Å²) in [5.41, 5.74) is 0.372. The van der Waals surface area contributed by atoms with Crippen LogP contribution in [0.3, 0.4) is 0 Å². The molecule has 0 spiro atoms. The van der Waals surface area contributed by atoms with E-state index >= 15 is 0 Å². The van der Waals surface area contributed by atoms with Crippen LogP contribution < -0.4 is 5.32 Å². The zero-order valence-corrected chi connectivity index (χ0v) is 17.1. The molecule has 1 N–H and O–H groups in total. The molecule has 0 aromatic heterocycles. The van der Waals surface area contributed by atoms with E-state index in [1.54, 1.807) is 6.07 Å². The van der Waals surface area contributed by atoms with Gasteiger partial charge in [-0.2, -0.15) is 0 Å². The smallest absolute Gasteiger partial charge is 0.407 e. The lowest BCUT2D eigenvalue weighted by atomic mass is 10.0. The van der Waals surface area contributed by atoms with Crippen LogP contribution in [0, 0.1) is 0 Å². The van der Waals surface area contributed by atoms with Gasteiger partial charge >= 0.3 is 6.09 Å². The van der Waals surface area contributed by atoms with Crippen LogP contribution in [0.5, 0.6) is 0 Å². The summed E-state index contributed by atoms with van der Waals surface area (Å²) < 4.78 is 6.04. The fraction of sp³-hybridized carbons (Fsp3) is 0.556. The van der Waals surface area contributed by atoms with Crippen LogP contribution in [0.2, 0.25) is 5.02 Å². The van der Waals surface area contributed by atoms with Gasteiger partial charge in [0, 0.05) is 23.6 Å². The van der Waals surface area contributed by atoms with Crippen molar-refractivity contribution in [3.63, 3.8) is 0 Å². The number of benzene rings is 1. The van der Waals surface area contributed by atoms with Crippen molar-refractivity contribution < 1.29 is 14.3 Å². The van der Waals surface area contributed by atoms with Gasteiger partial charge in [-0.3, -0.25) is 4.79 Å². The van der Waals surface area contributed by atoms with E-state index < -0.39 is 11.7 Å². The van der Waals surface area contributed by atoms with Gasteiger partial charge in [0.15, 0.2) is 0 Å². The van der Waals surface area contributed by atoms with E-state index in [-0.39, 0.29) is 11.9 Å². The number of carbonyl (C=O) groups is 2. The van der Waals surface area contributed by atoms with Gasteiger partial charge in [-0.15, -0.1) is 0 Å². The van der Waals surface area contributed by atoms with Crippen molar-refractivity contribution in [2.45, 2.75) is 51.7 Å². The molecule has 7 heteroatoms. The fourth-order valence-corrected chi connectivity index (χ4v) is 3.31. The highest BCUT2D eigenvalue weighted by Crippen LogP contribution is 2.27. The second-order valence-electron chi connectivity index (χ2n) is 7.19. The molecular weight excluding hydrogens is 408 g/mol. The summed E-state index contributed by atoms with van der Waals surface area (Å²) in [5, 5.41) is 3.48. The quantitative estimate of drug-likeness (QED) is 0.782. The fourth-order valence-electron chi connectivity index (χ4n) is 2.71. The summed E-state index contributed by atoms with van der Waals surface area (Å²) in [6, 6.07) is 5.56. The van der Waals surface area contributed by atoms with Crippen LogP contribution >= 0.6 is 27.5 Å². The van der Waals surface area contributed by atoms with E-state index in [1.165, 1.54) is 0 Å². The van der Waals surface area contributed by atoms with Gasteiger partial charge in [0.05, 0.1) is 11.4 Å². The maximum Gasteiger partial charge on any atom is 0.407 e. The Kier molecular flexibility index (Phi) is 6.74. The number of nitrogens with zero attached hydrogens (tertiary/aromatic N) is 1. The largest absolute Gasteiger partial charge is 0.444 e. The van der Waals surface area contributed by atoms with Crippen molar-refractivity contribution >= 4 is 39.5 Å². The number of likely N-dealkylation sites (tertiary alicyclic amines) is 1. The van der Waals surface area contributed by atoms with Crippen LogP contribution in [-0.2, 0) is 16.0 Å². The summed E-state index contributed by atoms with van der Waals surface area (Å²) in [5.74, 6) is 0.0682. The summed E-state index contributed by atoms with van der Waals surface area (Å²) in [7, 11) is 0. The Morgan fingerprint density at radius 1 is 1.32 bits per heavy atom. The summed E-state index contributed by atoms with van der Waals surface area (Å²) in [6.45, 7) is 6.75. The highest BCUT2D eigenvalue weighted by atomic mass is 79.9. The van der Waals surface area contributed by atoms with Crippen LogP contribution in [0.4, 0.5) is 4.79 Å². The number of halogens is 2. The minimum Gasteiger partial charge on any atom is -0.444 e. The molecule has 1 heterocycles. The average molecular weight is 432 g/mol. The zero-order chi connectivity index (χ0) is 18.6. The second kappa shape index (κ2) is 8.41. The predicted molar refractivity (Wildman–Crippen MR) is 102 cm³/mol. The Hall–Kier alpha value is -1.27. The van der Waals surface area contributed by atoms with E-state index in [4.69, 9.17) is 16.3 Å². The molecule has 1 aliphatic heterocycles. The van der Waals surface area contributed by atoms with E-state index in [1.807, 2.05) is 37.8 Å². The van der Waals surface area contributed by atoms with Gasteiger partial charge in [-0.25, -0.2) is 4.79 Å². The predicted octanol–water partition coefficient (Wildman–Crippen LogP) is 4.16. The Bertz CT molecular complexity index is 638. The lowest BCUT2D eigenvalue weighted by Crippen LogP contribution is -2.48. The van der Waals surface area contributed by atoms with Gasteiger partial charge in [-0.05, 0) is 61.2 Å². The molecular formula is C18H24BrClN2O3. The van der Waals surface area contributed by atoms with Crippen molar-refractivity contribution in [1.29, 1.82) is 0 Å². The van der Waals surface area contributed by atoms with E-state index in [0.29, 0.717) is 24.5 Å². The molecule has 0 atom stereocenters. The summed E-state index contributed by atoms with van der Waals surface area (Å²) >= 11 is 9.50. The van der Waals surface area contributed by atoms with Crippen molar-refractivity contribution in [3.8, 4) is 0 Å². The third-order valence-electron chi connectivity index (χ3n) is 3.94. The first-order valence-corrected chi connectivity index (χ1v) is 9.53. The molecule has 138 valence electrons. The van der Waals surface area contributed by atoms with Gasteiger partial charge in [0.25, 0.3) is 0 Å². The molecule has 2 amide bonds. The minimum atomic E-state index is -0.509. The molecule has 1 aromatic rings. The number of carbonyl (C=O) groups excluding carboxylic acids is 2. The zero-order valence-electron chi connectivity index (χ0n) is 14.8. The third kappa shape index (κ3) is 6.19. The third-order valence-corrected chi connectivity index (χ3v) is 5.42. The number of nitrogens with one attached hydrogen (secondary N) is 1.